The lowest BCUT2D eigenvalue weighted by Crippen LogP contribution is -2.55. The molecule has 1 aliphatic heterocycles. The number of rotatable bonds is 7. The second-order valence-electron chi connectivity index (χ2n) is 6.14. The second-order valence-corrected chi connectivity index (χ2v) is 7.17. The van der Waals surface area contributed by atoms with Crippen LogP contribution >= 0.6 is 11.3 Å². The van der Waals surface area contributed by atoms with Gasteiger partial charge in [0, 0.05) is 23.4 Å². The number of nitrogens with zero attached hydrogens (tertiary/aromatic N) is 1. The van der Waals surface area contributed by atoms with Crippen LogP contribution in [0.1, 0.15) is 31.1 Å². The number of likely N-dealkylation sites (tertiary alicyclic amines) is 1. The second kappa shape index (κ2) is 8.06. The third kappa shape index (κ3) is 4.29. The Balaban J connectivity index is 1.85. The zero-order valence-electron chi connectivity index (χ0n) is 13.1. The van der Waals surface area contributed by atoms with Crippen LogP contribution in [-0.4, -0.2) is 53.4 Å². The van der Waals surface area contributed by atoms with E-state index in [1.807, 2.05) is 22.4 Å². The normalized spacial score (nSPS) is 26.0. The quantitative estimate of drug-likeness (QED) is 0.704. The van der Waals surface area contributed by atoms with Gasteiger partial charge in [-0.15, -0.1) is 11.3 Å². The van der Waals surface area contributed by atoms with E-state index in [0.717, 1.165) is 17.7 Å². The number of carbonyl (C=O) groups excluding carboxylic acids is 1. The number of carbonyl (C=O) groups is 1. The molecule has 0 saturated carbocycles. The van der Waals surface area contributed by atoms with Gasteiger partial charge >= 0.3 is 0 Å². The van der Waals surface area contributed by atoms with Crippen LogP contribution in [0, 0.1) is 5.41 Å². The van der Waals surface area contributed by atoms with E-state index in [0.29, 0.717) is 32.6 Å². The summed E-state index contributed by atoms with van der Waals surface area (Å²) < 4.78 is 0. The molecule has 0 bridgehead atoms. The molecule has 6 heteroatoms. The Morgan fingerprint density at radius 3 is 3.05 bits per heavy atom. The summed E-state index contributed by atoms with van der Waals surface area (Å²) in [6.07, 6.45) is 1.81. The minimum absolute atomic E-state index is 0.00636. The summed E-state index contributed by atoms with van der Waals surface area (Å²) in [6, 6.07) is 3.97. The van der Waals surface area contributed by atoms with Gasteiger partial charge in [0.05, 0.1) is 25.8 Å². The van der Waals surface area contributed by atoms with Gasteiger partial charge in [-0.1, -0.05) is 19.4 Å². The number of piperidine rings is 1. The van der Waals surface area contributed by atoms with Crippen molar-refractivity contribution in [3.8, 4) is 0 Å². The molecule has 1 fully saturated rings. The largest absolute Gasteiger partial charge is 0.396 e. The van der Waals surface area contributed by atoms with Crippen LogP contribution in [0.4, 0.5) is 0 Å². The molecule has 2 heterocycles. The van der Waals surface area contributed by atoms with E-state index in [1.165, 1.54) is 0 Å². The van der Waals surface area contributed by atoms with Crippen LogP contribution in [0.15, 0.2) is 17.5 Å². The smallest absolute Gasteiger partial charge is 0.234 e. The number of hydrogen-bond donors (Lipinski definition) is 3. The summed E-state index contributed by atoms with van der Waals surface area (Å²) in [5.74, 6) is -0.00636. The maximum Gasteiger partial charge on any atom is 0.234 e. The predicted octanol–water partition coefficient (Wildman–Crippen LogP) is 1.21. The molecule has 0 aliphatic carbocycles. The average Bonchev–Trinajstić information content (AvgIpc) is 3.02. The SMILES string of the molecule is CCC[C@]1(CO)CN(CC(=O)NCc2cccs2)CC[C@H]1O. The van der Waals surface area contributed by atoms with Crippen LogP contribution < -0.4 is 5.32 Å². The van der Waals surface area contributed by atoms with Crippen molar-refractivity contribution in [3.05, 3.63) is 22.4 Å². The molecule has 0 unspecified atom stereocenters. The van der Waals surface area contributed by atoms with Crippen LogP contribution in [-0.2, 0) is 11.3 Å². The Morgan fingerprint density at radius 2 is 2.41 bits per heavy atom. The topological polar surface area (TPSA) is 72.8 Å². The summed E-state index contributed by atoms with van der Waals surface area (Å²) in [4.78, 5) is 15.3. The Hall–Kier alpha value is -0.950. The molecule has 22 heavy (non-hydrogen) atoms. The molecule has 0 radical (unpaired) electrons. The van der Waals surface area contributed by atoms with Crippen molar-refractivity contribution in [3.63, 3.8) is 0 Å². The molecule has 124 valence electrons. The van der Waals surface area contributed by atoms with E-state index in [-0.39, 0.29) is 12.5 Å². The first-order valence-corrected chi connectivity index (χ1v) is 8.78. The Morgan fingerprint density at radius 1 is 1.59 bits per heavy atom. The summed E-state index contributed by atoms with van der Waals surface area (Å²) >= 11 is 1.63. The van der Waals surface area contributed by atoms with Gasteiger partial charge in [-0.3, -0.25) is 9.69 Å². The van der Waals surface area contributed by atoms with E-state index >= 15 is 0 Å². The third-order valence-corrected chi connectivity index (χ3v) is 5.31. The molecule has 3 N–H and O–H groups in total. The van der Waals surface area contributed by atoms with Crippen LogP contribution in [0.3, 0.4) is 0 Å². The fraction of sp³-hybridized carbons (Fsp3) is 0.688. The molecular weight excluding hydrogens is 300 g/mol. The van der Waals surface area contributed by atoms with E-state index in [4.69, 9.17) is 0 Å². The number of hydrogen-bond acceptors (Lipinski definition) is 5. The van der Waals surface area contributed by atoms with Crippen molar-refractivity contribution < 1.29 is 15.0 Å². The molecule has 1 aliphatic rings. The first kappa shape index (κ1) is 17.4. The van der Waals surface area contributed by atoms with Gasteiger partial charge in [-0.05, 0) is 24.3 Å². The number of thiophene rings is 1. The minimum Gasteiger partial charge on any atom is -0.396 e. The molecule has 0 aromatic carbocycles. The fourth-order valence-corrected chi connectivity index (χ4v) is 3.86. The molecule has 1 aromatic heterocycles. The Labute approximate surface area is 136 Å². The monoisotopic (exact) mass is 326 g/mol. The summed E-state index contributed by atoms with van der Waals surface area (Å²) in [6.45, 7) is 4.17. The highest BCUT2D eigenvalue weighted by molar-refractivity contribution is 7.09. The molecule has 2 rings (SSSR count). The highest BCUT2D eigenvalue weighted by Gasteiger charge is 2.41. The highest BCUT2D eigenvalue weighted by Crippen LogP contribution is 2.34. The molecule has 0 spiro atoms. The highest BCUT2D eigenvalue weighted by atomic mass is 32.1. The van der Waals surface area contributed by atoms with Gasteiger partial charge in [0.25, 0.3) is 0 Å². The lowest BCUT2D eigenvalue weighted by Gasteiger charge is -2.45. The fourth-order valence-electron chi connectivity index (χ4n) is 3.21. The Kier molecular flexibility index (Phi) is 6.37. The van der Waals surface area contributed by atoms with Gasteiger partial charge in [-0.25, -0.2) is 0 Å². The molecular formula is C16H26N2O3S. The summed E-state index contributed by atoms with van der Waals surface area (Å²) in [5.41, 5.74) is -0.485. The zero-order chi connectivity index (χ0) is 16.0. The first-order chi connectivity index (χ1) is 10.6. The Bertz CT molecular complexity index is 466. The molecule has 2 atom stereocenters. The summed E-state index contributed by atoms with van der Waals surface area (Å²) in [5, 5.41) is 24.9. The number of amides is 1. The maximum absolute atomic E-state index is 12.1. The lowest BCUT2D eigenvalue weighted by atomic mass is 9.74. The van der Waals surface area contributed by atoms with E-state index in [1.54, 1.807) is 11.3 Å². The minimum atomic E-state index is -0.485. The molecule has 1 aromatic rings. The maximum atomic E-state index is 12.1. The van der Waals surface area contributed by atoms with E-state index in [9.17, 15) is 15.0 Å². The predicted molar refractivity (Wildman–Crippen MR) is 87.7 cm³/mol. The number of nitrogens with one attached hydrogen (secondary N) is 1. The third-order valence-electron chi connectivity index (χ3n) is 4.43. The van der Waals surface area contributed by atoms with Gasteiger partial charge in [0.1, 0.15) is 0 Å². The van der Waals surface area contributed by atoms with Gasteiger partial charge in [0.15, 0.2) is 0 Å². The van der Waals surface area contributed by atoms with Crippen molar-refractivity contribution in [2.24, 2.45) is 5.41 Å². The first-order valence-electron chi connectivity index (χ1n) is 7.90. The molecule has 1 saturated heterocycles. The van der Waals surface area contributed by atoms with Crippen LogP contribution in [0.25, 0.3) is 0 Å². The van der Waals surface area contributed by atoms with Crippen LogP contribution in [0.5, 0.6) is 0 Å². The van der Waals surface area contributed by atoms with Crippen LogP contribution in [0.2, 0.25) is 0 Å². The lowest BCUT2D eigenvalue weighted by molar-refractivity contribution is -0.126. The average molecular weight is 326 g/mol. The van der Waals surface area contributed by atoms with Gasteiger partial charge in [-0.2, -0.15) is 0 Å². The summed E-state index contributed by atoms with van der Waals surface area (Å²) in [7, 11) is 0. The number of aliphatic hydroxyl groups excluding tert-OH is 2. The van der Waals surface area contributed by atoms with Crippen molar-refractivity contribution in [1.29, 1.82) is 0 Å². The van der Waals surface area contributed by atoms with Crippen molar-refractivity contribution in [1.82, 2.24) is 10.2 Å². The van der Waals surface area contributed by atoms with Gasteiger partial charge < -0.3 is 15.5 Å². The van der Waals surface area contributed by atoms with Crippen molar-refractivity contribution in [2.45, 2.75) is 38.8 Å². The van der Waals surface area contributed by atoms with Crippen molar-refractivity contribution in [2.75, 3.05) is 26.2 Å². The standard InChI is InChI=1S/C16H26N2O3S/c1-2-6-16(12-19)11-18(7-5-14(16)20)10-15(21)17-9-13-4-3-8-22-13/h3-4,8,14,19-20H,2,5-7,9-12H2,1H3,(H,17,21)/t14-,16-/m1/s1. The van der Waals surface area contributed by atoms with Crippen molar-refractivity contribution >= 4 is 17.2 Å². The molecule has 5 nitrogen and oxygen atoms in total. The number of aliphatic hydroxyl groups is 2. The van der Waals surface area contributed by atoms with Gasteiger partial charge in [0.2, 0.25) is 5.91 Å². The molecule has 1 amide bonds. The van der Waals surface area contributed by atoms with E-state index in [2.05, 4.69) is 12.2 Å². The van der Waals surface area contributed by atoms with E-state index < -0.39 is 11.5 Å². The zero-order valence-corrected chi connectivity index (χ0v) is 13.9.